The third-order valence-corrected chi connectivity index (χ3v) is 10.9. The maximum absolute atomic E-state index is 10.6. The van der Waals surface area contributed by atoms with Crippen molar-refractivity contribution in [1.29, 1.82) is 0 Å². The van der Waals surface area contributed by atoms with Crippen LogP contribution >= 0.6 is 0 Å². The number of hydrogen-bond acceptors (Lipinski definition) is 3. The molecule has 4 aliphatic carbocycles. The van der Waals surface area contributed by atoms with Crippen molar-refractivity contribution in [3.63, 3.8) is 0 Å². The first-order chi connectivity index (χ1) is 11.5. The molecule has 8 atom stereocenters. The maximum atomic E-state index is 10.6. The summed E-state index contributed by atoms with van der Waals surface area (Å²) in [6.07, 6.45) is 11.1. The number of aliphatic hydroxyl groups excluding tert-OH is 1. The number of ether oxygens (including phenoxy) is 1. The van der Waals surface area contributed by atoms with E-state index in [1.165, 1.54) is 38.5 Å². The van der Waals surface area contributed by atoms with Gasteiger partial charge in [-0.05, 0) is 0 Å². The summed E-state index contributed by atoms with van der Waals surface area (Å²) in [6, 6.07) is 0. The van der Waals surface area contributed by atoms with Crippen LogP contribution in [-0.2, 0) is 7.80 Å². The van der Waals surface area contributed by atoms with Gasteiger partial charge in [0, 0.05) is 0 Å². The molecule has 24 heavy (non-hydrogen) atoms. The summed E-state index contributed by atoms with van der Waals surface area (Å²) >= 11 is -0.161. The average molecular weight is 447 g/mol. The minimum absolute atomic E-state index is 0.0483. The molecular formula is C20H32IO3-. The van der Waals surface area contributed by atoms with E-state index in [1.807, 2.05) is 0 Å². The average Bonchev–Trinajstić information content (AvgIpc) is 3.14. The molecule has 1 N–H and O–H groups in total. The van der Waals surface area contributed by atoms with E-state index in [0.717, 1.165) is 47.5 Å². The van der Waals surface area contributed by atoms with Crippen LogP contribution < -0.4 is 21.6 Å². The van der Waals surface area contributed by atoms with Gasteiger partial charge in [-0.15, -0.1) is 0 Å². The minimum atomic E-state index is -0.184. The van der Waals surface area contributed by atoms with Gasteiger partial charge in [-0.1, -0.05) is 0 Å². The van der Waals surface area contributed by atoms with Crippen LogP contribution in [0.2, 0.25) is 0 Å². The van der Waals surface area contributed by atoms with Gasteiger partial charge < -0.3 is 0 Å². The molecule has 0 aromatic heterocycles. The molecule has 1 saturated heterocycles. The van der Waals surface area contributed by atoms with Gasteiger partial charge >= 0.3 is 157 Å². The first-order valence-electron chi connectivity index (χ1n) is 10.1. The second-order valence-corrected chi connectivity index (χ2v) is 11.5. The van der Waals surface area contributed by atoms with E-state index in [9.17, 15) is 5.11 Å². The molecule has 1 spiro atoms. The van der Waals surface area contributed by atoms with Crippen LogP contribution in [0.1, 0.15) is 71.6 Å². The van der Waals surface area contributed by atoms with Gasteiger partial charge in [0.2, 0.25) is 0 Å². The van der Waals surface area contributed by atoms with E-state index >= 15 is 0 Å². The third-order valence-electron chi connectivity index (χ3n) is 9.17. The molecule has 5 fully saturated rings. The Morgan fingerprint density at radius 2 is 1.75 bits per heavy atom. The standard InChI is InChI=1S/C20H32IO3/c1-18-9-10-20(23-12-21-24-20)11-13(18)3-4-14-15-5-6-17(22)19(15,2)8-7-16(14)18/h13-17,22H,3-12H2,1-2H3/q-1/t13-,14?,15?,16?,17?,18+,19+,20?/m1/s1. The molecule has 4 saturated carbocycles. The third kappa shape index (κ3) is 2.18. The fraction of sp³-hybridized carbons (Fsp3) is 1.00. The Morgan fingerprint density at radius 3 is 2.54 bits per heavy atom. The van der Waals surface area contributed by atoms with Crippen molar-refractivity contribution in [2.45, 2.75) is 83.5 Å². The van der Waals surface area contributed by atoms with E-state index in [0.29, 0.717) is 5.41 Å². The zero-order valence-corrected chi connectivity index (χ0v) is 17.3. The molecule has 5 aliphatic rings. The van der Waals surface area contributed by atoms with Crippen molar-refractivity contribution in [3.05, 3.63) is 0 Å². The molecule has 5 rings (SSSR count). The van der Waals surface area contributed by atoms with Crippen LogP contribution in [0.25, 0.3) is 0 Å². The van der Waals surface area contributed by atoms with Gasteiger partial charge in [0.25, 0.3) is 0 Å². The summed E-state index contributed by atoms with van der Waals surface area (Å²) in [5.74, 6) is 3.09. The van der Waals surface area contributed by atoms with Crippen LogP contribution in [-0.4, -0.2) is 21.6 Å². The molecule has 0 bridgehead atoms. The Labute approximate surface area is 157 Å². The molecular weight excluding hydrogens is 415 g/mol. The first kappa shape index (κ1) is 16.8. The fourth-order valence-corrected chi connectivity index (χ4v) is 9.55. The monoisotopic (exact) mass is 447 g/mol. The number of halogens is 1. The Kier molecular flexibility index (Phi) is 3.88. The van der Waals surface area contributed by atoms with Gasteiger partial charge in [0.05, 0.1) is 0 Å². The molecule has 3 nitrogen and oxygen atoms in total. The molecule has 4 heteroatoms. The van der Waals surface area contributed by atoms with E-state index < -0.39 is 0 Å². The summed E-state index contributed by atoms with van der Waals surface area (Å²) in [5.41, 5.74) is 0.693. The Morgan fingerprint density at radius 1 is 0.917 bits per heavy atom. The zero-order chi connectivity index (χ0) is 16.6. The molecule has 1 heterocycles. The number of hydrogen-bond donors (Lipinski definition) is 1. The molecule has 0 radical (unpaired) electrons. The van der Waals surface area contributed by atoms with E-state index in [-0.39, 0.29) is 38.9 Å². The van der Waals surface area contributed by atoms with Crippen molar-refractivity contribution >= 4 is 0 Å². The van der Waals surface area contributed by atoms with Crippen LogP contribution in [0, 0.1) is 34.5 Å². The van der Waals surface area contributed by atoms with Crippen molar-refractivity contribution in [1.82, 2.24) is 0 Å². The molecule has 138 valence electrons. The number of fused-ring (bicyclic) bond motifs is 5. The summed E-state index contributed by atoms with van der Waals surface area (Å²) in [6.45, 7) is 4.99. The normalized spacial score (nSPS) is 60.2. The first-order valence-corrected chi connectivity index (χ1v) is 12.5. The van der Waals surface area contributed by atoms with E-state index in [1.54, 1.807) is 0 Å². The summed E-state index contributed by atoms with van der Waals surface area (Å²) in [4.78, 5) is 0. The topological polar surface area (TPSA) is 38.7 Å². The predicted molar refractivity (Wildman–Crippen MR) is 87.5 cm³/mol. The van der Waals surface area contributed by atoms with Crippen molar-refractivity contribution in [2.75, 3.05) is 4.61 Å². The van der Waals surface area contributed by atoms with E-state index in [2.05, 4.69) is 13.8 Å². The number of alkyl halides is 1. The van der Waals surface area contributed by atoms with Gasteiger partial charge in [0.1, 0.15) is 0 Å². The summed E-state index contributed by atoms with van der Waals surface area (Å²) in [7, 11) is 0. The van der Waals surface area contributed by atoms with Crippen LogP contribution in [0.5, 0.6) is 0 Å². The van der Waals surface area contributed by atoms with Crippen molar-refractivity contribution in [3.8, 4) is 0 Å². The molecule has 0 amide bonds. The second kappa shape index (κ2) is 5.56. The Hall–Kier alpha value is 0.610. The van der Waals surface area contributed by atoms with Crippen molar-refractivity contribution in [2.24, 2.45) is 34.5 Å². The van der Waals surface area contributed by atoms with E-state index in [4.69, 9.17) is 7.80 Å². The SMILES string of the molecule is C[C@]12CCC3C(CC[C@@H]4CC5(CC[C@]34C)OC[I-]O5)C1CCC2O. The van der Waals surface area contributed by atoms with Gasteiger partial charge in [-0.2, -0.15) is 0 Å². The predicted octanol–water partition coefficient (Wildman–Crippen LogP) is 1.09. The Balaban J connectivity index is 1.41. The van der Waals surface area contributed by atoms with Crippen LogP contribution in [0.15, 0.2) is 0 Å². The van der Waals surface area contributed by atoms with Gasteiger partial charge in [-0.25, -0.2) is 0 Å². The Bertz CT molecular complexity index is 519. The zero-order valence-electron chi connectivity index (χ0n) is 15.1. The number of aliphatic hydroxyl groups is 1. The van der Waals surface area contributed by atoms with Crippen molar-refractivity contribution < 1.29 is 34.5 Å². The van der Waals surface area contributed by atoms with Gasteiger partial charge in [-0.3, -0.25) is 0 Å². The summed E-state index contributed by atoms with van der Waals surface area (Å²) in [5, 5.41) is 10.6. The molecule has 1 aliphatic heterocycles. The molecule has 0 aromatic rings. The number of rotatable bonds is 0. The van der Waals surface area contributed by atoms with Crippen LogP contribution in [0.3, 0.4) is 0 Å². The molecule has 0 aromatic carbocycles. The fourth-order valence-electron chi connectivity index (χ4n) is 7.64. The van der Waals surface area contributed by atoms with Gasteiger partial charge in [0.15, 0.2) is 0 Å². The van der Waals surface area contributed by atoms with Crippen LogP contribution in [0.4, 0.5) is 0 Å². The second-order valence-electron chi connectivity index (χ2n) is 9.85. The summed E-state index contributed by atoms with van der Waals surface area (Å²) < 4.78 is 13.2. The molecule has 5 unspecified atom stereocenters. The quantitative estimate of drug-likeness (QED) is 0.447.